The first-order valence-corrected chi connectivity index (χ1v) is 10.9. The Morgan fingerprint density at radius 1 is 1.03 bits per heavy atom. The minimum absolute atomic E-state index is 0.0319. The van der Waals surface area contributed by atoms with E-state index in [9.17, 15) is 4.79 Å². The number of rotatable bonds is 8. The van der Waals surface area contributed by atoms with Gasteiger partial charge in [-0.25, -0.2) is 0 Å². The molecule has 0 radical (unpaired) electrons. The summed E-state index contributed by atoms with van der Waals surface area (Å²) in [6.45, 7) is 8.10. The summed E-state index contributed by atoms with van der Waals surface area (Å²) in [6.07, 6.45) is 0.499. The van der Waals surface area contributed by atoms with Crippen molar-refractivity contribution < 1.29 is 4.79 Å². The molecule has 2 aromatic carbocycles. The molecule has 0 fully saturated rings. The molecule has 1 atom stereocenters. The number of hydrogen-bond acceptors (Lipinski definition) is 4. The lowest BCUT2D eigenvalue weighted by Gasteiger charge is -2.17. The van der Waals surface area contributed by atoms with Gasteiger partial charge in [-0.2, -0.15) is 0 Å². The Hall–Kier alpha value is -2.60. The van der Waals surface area contributed by atoms with Gasteiger partial charge in [0.1, 0.15) is 0 Å². The summed E-state index contributed by atoms with van der Waals surface area (Å²) in [4.78, 5) is 12.3. The first-order valence-electron chi connectivity index (χ1n) is 9.92. The molecule has 0 aliphatic carbocycles. The van der Waals surface area contributed by atoms with E-state index in [0.29, 0.717) is 12.3 Å². The third-order valence-electron chi connectivity index (χ3n) is 4.52. The van der Waals surface area contributed by atoms with Crippen LogP contribution in [0.5, 0.6) is 0 Å². The Morgan fingerprint density at radius 2 is 1.72 bits per heavy atom. The molecule has 0 spiro atoms. The number of carbonyl (C=O) groups is 1. The fourth-order valence-electron chi connectivity index (χ4n) is 3.05. The van der Waals surface area contributed by atoms with Crippen LogP contribution in [0.3, 0.4) is 0 Å². The Kier molecular flexibility index (Phi) is 7.09. The molecule has 3 rings (SSSR count). The highest BCUT2D eigenvalue weighted by molar-refractivity contribution is 7.98. The lowest BCUT2D eigenvalue weighted by Crippen LogP contribution is -2.29. The Balaban J connectivity index is 1.88. The Morgan fingerprint density at radius 3 is 2.38 bits per heavy atom. The van der Waals surface area contributed by atoms with Gasteiger partial charge in [0.2, 0.25) is 5.91 Å². The molecule has 0 saturated carbocycles. The number of nitrogens with zero attached hydrogens (tertiary/aromatic N) is 3. The highest BCUT2D eigenvalue weighted by Crippen LogP contribution is 2.27. The molecule has 6 heteroatoms. The van der Waals surface area contributed by atoms with Gasteiger partial charge in [-0.3, -0.25) is 9.36 Å². The van der Waals surface area contributed by atoms with E-state index in [1.165, 1.54) is 11.1 Å². The van der Waals surface area contributed by atoms with E-state index in [1.54, 1.807) is 11.8 Å². The number of aromatic nitrogens is 3. The highest BCUT2D eigenvalue weighted by atomic mass is 32.2. The third kappa shape index (κ3) is 5.70. The van der Waals surface area contributed by atoms with Crippen molar-refractivity contribution in [1.29, 1.82) is 0 Å². The molecule has 29 heavy (non-hydrogen) atoms. The highest BCUT2D eigenvalue weighted by Gasteiger charge is 2.21. The molecular formula is C23H28N4OS. The SMILES string of the molecule is Cc1ccc(-n2c(SCc3ccccc3)nnc2C(C)NC(=O)CC(C)C)cc1. The summed E-state index contributed by atoms with van der Waals surface area (Å²) < 4.78 is 2.05. The molecule has 0 aliphatic rings. The van der Waals surface area contributed by atoms with E-state index >= 15 is 0 Å². The van der Waals surface area contributed by atoms with Crippen LogP contribution in [0.4, 0.5) is 0 Å². The molecule has 3 aromatic rings. The zero-order chi connectivity index (χ0) is 20.8. The van der Waals surface area contributed by atoms with Crippen molar-refractivity contribution in [3.63, 3.8) is 0 Å². The molecule has 1 aromatic heterocycles. The fourth-order valence-corrected chi connectivity index (χ4v) is 3.96. The van der Waals surface area contributed by atoms with Crippen molar-refractivity contribution in [3.8, 4) is 5.69 Å². The van der Waals surface area contributed by atoms with Gasteiger partial charge in [-0.1, -0.05) is 73.6 Å². The van der Waals surface area contributed by atoms with Crippen LogP contribution in [0, 0.1) is 12.8 Å². The number of thioether (sulfide) groups is 1. The molecule has 1 N–H and O–H groups in total. The molecule has 0 bridgehead atoms. The molecular weight excluding hydrogens is 380 g/mol. The van der Waals surface area contributed by atoms with Crippen LogP contribution in [0.1, 0.15) is 50.2 Å². The monoisotopic (exact) mass is 408 g/mol. The summed E-state index contributed by atoms with van der Waals surface area (Å²) in [5, 5.41) is 12.8. The van der Waals surface area contributed by atoms with Crippen molar-refractivity contribution in [2.75, 3.05) is 0 Å². The number of nitrogens with one attached hydrogen (secondary N) is 1. The van der Waals surface area contributed by atoms with E-state index in [-0.39, 0.29) is 11.9 Å². The van der Waals surface area contributed by atoms with Gasteiger partial charge < -0.3 is 5.32 Å². The van der Waals surface area contributed by atoms with E-state index in [2.05, 4.69) is 58.8 Å². The fraction of sp³-hybridized carbons (Fsp3) is 0.348. The molecule has 1 amide bonds. The maximum absolute atomic E-state index is 12.3. The van der Waals surface area contributed by atoms with Crippen LogP contribution in [0.2, 0.25) is 0 Å². The topological polar surface area (TPSA) is 59.8 Å². The Bertz CT molecular complexity index is 935. The van der Waals surface area contributed by atoms with Gasteiger partial charge in [0.15, 0.2) is 11.0 Å². The average molecular weight is 409 g/mol. The van der Waals surface area contributed by atoms with Crippen molar-refractivity contribution in [3.05, 3.63) is 71.5 Å². The molecule has 1 heterocycles. The smallest absolute Gasteiger partial charge is 0.220 e. The van der Waals surface area contributed by atoms with Crippen LogP contribution in [-0.4, -0.2) is 20.7 Å². The minimum atomic E-state index is -0.235. The van der Waals surface area contributed by atoms with E-state index in [4.69, 9.17) is 0 Å². The predicted octanol–water partition coefficient (Wildman–Crippen LogP) is 5.09. The van der Waals surface area contributed by atoms with Crippen LogP contribution >= 0.6 is 11.8 Å². The molecule has 152 valence electrons. The third-order valence-corrected chi connectivity index (χ3v) is 5.52. The standard InChI is InChI=1S/C23H28N4OS/c1-16(2)14-21(28)24-18(4)22-25-26-23(29-15-19-8-6-5-7-9-19)27(22)20-12-10-17(3)11-13-20/h5-13,16,18H,14-15H2,1-4H3,(H,24,28). The Labute approximate surface area is 176 Å². The van der Waals surface area contributed by atoms with Gasteiger partial charge in [0.05, 0.1) is 6.04 Å². The second-order valence-corrected chi connectivity index (χ2v) is 8.62. The van der Waals surface area contributed by atoms with Gasteiger partial charge in [-0.15, -0.1) is 10.2 Å². The van der Waals surface area contributed by atoms with Crippen LogP contribution < -0.4 is 5.32 Å². The lowest BCUT2D eigenvalue weighted by atomic mass is 10.1. The number of amides is 1. The number of benzene rings is 2. The minimum Gasteiger partial charge on any atom is -0.346 e. The molecule has 0 aliphatic heterocycles. The van der Waals surface area contributed by atoms with Crippen molar-refractivity contribution in [1.82, 2.24) is 20.1 Å². The van der Waals surface area contributed by atoms with Gasteiger partial charge in [0.25, 0.3) is 0 Å². The first kappa shape index (κ1) is 21.1. The van der Waals surface area contributed by atoms with E-state index in [1.807, 2.05) is 43.5 Å². The van der Waals surface area contributed by atoms with Crippen molar-refractivity contribution >= 4 is 17.7 Å². The number of hydrogen-bond donors (Lipinski definition) is 1. The summed E-state index contributed by atoms with van der Waals surface area (Å²) in [6, 6.07) is 18.4. The molecule has 1 unspecified atom stereocenters. The second-order valence-electron chi connectivity index (χ2n) is 7.67. The summed E-state index contributed by atoms with van der Waals surface area (Å²) in [5.74, 6) is 1.89. The average Bonchev–Trinajstić information content (AvgIpc) is 3.11. The van der Waals surface area contributed by atoms with Gasteiger partial charge in [0, 0.05) is 17.9 Å². The zero-order valence-corrected chi connectivity index (χ0v) is 18.2. The summed E-state index contributed by atoms with van der Waals surface area (Å²) >= 11 is 1.64. The first-order chi connectivity index (χ1) is 13.9. The normalized spacial score (nSPS) is 12.2. The zero-order valence-electron chi connectivity index (χ0n) is 17.4. The van der Waals surface area contributed by atoms with Crippen LogP contribution in [0.25, 0.3) is 5.69 Å². The summed E-state index contributed by atoms with van der Waals surface area (Å²) in [5.41, 5.74) is 3.42. The maximum Gasteiger partial charge on any atom is 0.220 e. The number of aryl methyl sites for hydroxylation is 1. The largest absolute Gasteiger partial charge is 0.346 e. The molecule has 5 nitrogen and oxygen atoms in total. The maximum atomic E-state index is 12.3. The second kappa shape index (κ2) is 9.74. The molecule has 0 saturated heterocycles. The predicted molar refractivity (Wildman–Crippen MR) is 118 cm³/mol. The van der Waals surface area contributed by atoms with Crippen LogP contribution in [-0.2, 0) is 10.5 Å². The quantitative estimate of drug-likeness (QED) is 0.527. The van der Waals surface area contributed by atoms with Gasteiger partial charge >= 0.3 is 0 Å². The van der Waals surface area contributed by atoms with Gasteiger partial charge in [-0.05, 0) is 37.5 Å². The van der Waals surface area contributed by atoms with Crippen molar-refractivity contribution in [2.45, 2.75) is 51.1 Å². The van der Waals surface area contributed by atoms with Crippen LogP contribution in [0.15, 0.2) is 59.8 Å². The van der Waals surface area contributed by atoms with E-state index in [0.717, 1.165) is 22.4 Å². The number of carbonyl (C=O) groups excluding carboxylic acids is 1. The lowest BCUT2D eigenvalue weighted by molar-refractivity contribution is -0.122. The summed E-state index contributed by atoms with van der Waals surface area (Å²) in [7, 11) is 0. The van der Waals surface area contributed by atoms with E-state index < -0.39 is 0 Å². The van der Waals surface area contributed by atoms with Crippen molar-refractivity contribution in [2.24, 2.45) is 5.92 Å².